The van der Waals surface area contributed by atoms with Gasteiger partial charge in [-0.15, -0.1) is 0 Å². The first-order valence-corrected chi connectivity index (χ1v) is 11.6. The van der Waals surface area contributed by atoms with Crippen molar-refractivity contribution in [2.24, 2.45) is 0 Å². The normalized spacial score (nSPS) is 12.5. The Hall–Kier alpha value is 0.0569. The Balaban J connectivity index is 3.33. The van der Waals surface area contributed by atoms with Crippen LogP contribution in [0.15, 0.2) is 0 Å². The predicted octanol–water partition coefficient (Wildman–Crippen LogP) is 4.80. The van der Waals surface area contributed by atoms with Gasteiger partial charge in [0.25, 0.3) is 5.97 Å². The molecular weight excluding hydrogens is 320 g/mol. The van der Waals surface area contributed by atoms with E-state index in [0.29, 0.717) is 6.61 Å². The van der Waals surface area contributed by atoms with E-state index in [0.717, 1.165) is 0 Å². The van der Waals surface area contributed by atoms with E-state index in [-0.39, 0.29) is 0 Å². The Morgan fingerprint density at radius 3 is 1.54 bits per heavy atom. The van der Waals surface area contributed by atoms with Gasteiger partial charge in [0.2, 0.25) is 0 Å². The highest BCUT2D eigenvalue weighted by atomic mass is 28.2. The lowest BCUT2D eigenvalue weighted by Crippen LogP contribution is -2.42. The quantitative estimate of drug-likeness (QED) is 0.188. The largest absolute Gasteiger partial charge is 0.376 e. The van der Waals surface area contributed by atoms with E-state index in [1.54, 1.807) is 21.3 Å². The first kappa shape index (κ1) is 24.1. The lowest BCUT2D eigenvalue weighted by molar-refractivity contribution is -0.339. The first-order chi connectivity index (χ1) is 11.7. The van der Waals surface area contributed by atoms with Crippen molar-refractivity contribution in [1.29, 1.82) is 0 Å². The van der Waals surface area contributed by atoms with Gasteiger partial charge in [-0.25, -0.2) is 0 Å². The highest BCUT2D eigenvalue weighted by Gasteiger charge is 2.30. The van der Waals surface area contributed by atoms with Crippen LogP contribution in [0.25, 0.3) is 0 Å². The van der Waals surface area contributed by atoms with Crippen molar-refractivity contribution >= 4 is 9.76 Å². The van der Waals surface area contributed by atoms with Crippen LogP contribution in [0.3, 0.4) is 0 Å². The monoisotopic (exact) mass is 362 g/mol. The highest BCUT2D eigenvalue weighted by molar-refractivity contribution is 6.27. The fourth-order valence-electron chi connectivity index (χ4n) is 2.88. The van der Waals surface area contributed by atoms with Crippen LogP contribution in [0.5, 0.6) is 0 Å². The summed E-state index contributed by atoms with van der Waals surface area (Å²) in [6.07, 6.45) is 16.7. The fourth-order valence-corrected chi connectivity index (χ4v) is 4.22. The summed E-state index contributed by atoms with van der Waals surface area (Å²) in [6.45, 7) is 2.59. The summed E-state index contributed by atoms with van der Waals surface area (Å²) in [6, 6.07) is 1.18. The molecule has 0 heterocycles. The molecule has 0 aliphatic rings. The molecule has 0 aromatic carbocycles. The molecule has 0 amide bonds. The SMILES string of the molecule is CCCCCCCCCCCCCC[SiH2]OC(COC)(OC)OC. The molecule has 0 aromatic rings. The van der Waals surface area contributed by atoms with Crippen LogP contribution >= 0.6 is 0 Å². The third-order valence-corrected chi connectivity index (χ3v) is 5.95. The molecule has 146 valence electrons. The van der Waals surface area contributed by atoms with Crippen molar-refractivity contribution < 1.29 is 18.6 Å². The van der Waals surface area contributed by atoms with Gasteiger partial charge in [-0.2, -0.15) is 0 Å². The molecule has 0 spiro atoms. The topological polar surface area (TPSA) is 36.9 Å². The minimum atomic E-state index is -0.988. The Labute approximate surface area is 152 Å². The Morgan fingerprint density at radius 2 is 1.12 bits per heavy atom. The van der Waals surface area contributed by atoms with Crippen LogP contribution in [0.2, 0.25) is 6.04 Å². The lowest BCUT2D eigenvalue weighted by Gasteiger charge is -2.29. The second-order valence-corrected chi connectivity index (χ2v) is 8.02. The van der Waals surface area contributed by atoms with Crippen molar-refractivity contribution in [3.05, 3.63) is 0 Å². The number of methoxy groups -OCH3 is 3. The number of hydrogen-bond donors (Lipinski definition) is 0. The molecule has 0 unspecified atom stereocenters. The Bertz CT molecular complexity index is 248. The van der Waals surface area contributed by atoms with Gasteiger partial charge in [0.15, 0.2) is 9.76 Å². The van der Waals surface area contributed by atoms with E-state index >= 15 is 0 Å². The minimum absolute atomic E-state index is 0.311. The smallest absolute Gasteiger partial charge is 0.297 e. The molecule has 0 aliphatic heterocycles. The summed E-state index contributed by atoms with van der Waals surface area (Å²) in [5.74, 6) is -0.988. The van der Waals surface area contributed by atoms with Gasteiger partial charge >= 0.3 is 0 Å². The maximum Gasteiger partial charge on any atom is 0.297 e. The fraction of sp³-hybridized carbons (Fsp3) is 1.00. The maximum absolute atomic E-state index is 5.84. The standard InChI is InChI=1S/C19H42O4Si/c1-5-6-7-8-9-10-11-12-13-14-15-16-17-24-23-19(21-3,22-4)18-20-2/h5-18,24H2,1-4H3. The number of hydrogen-bond acceptors (Lipinski definition) is 4. The molecule has 0 fully saturated rings. The molecule has 0 radical (unpaired) electrons. The maximum atomic E-state index is 5.84. The summed E-state index contributed by atoms with van der Waals surface area (Å²) < 4.78 is 21.6. The summed E-state index contributed by atoms with van der Waals surface area (Å²) in [7, 11) is 4.20. The van der Waals surface area contributed by atoms with E-state index < -0.39 is 15.7 Å². The van der Waals surface area contributed by atoms with E-state index in [2.05, 4.69) is 6.92 Å². The molecule has 0 aliphatic carbocycles. The van der Waals surface area contributed by atoms with E-state index in [1.807, 2.05) is 0 Å². The molecule has 0 saturated heterocycles. The van der Waals surface area contributed by atoms with Crippen molar-refractivity contribution in [1.82, 2.24) is 0 Å². The second-order valence-electron chi connectivity index (χ2n) is 6.62. The number of rotatable bonds is 19. The Morgan fingerprint density at radius 1 is 0.667 bits per heavy atom. The van der Waals surface area contributed by atoms with Crippen LogP contribution in [0.1, 0.15) is 84.0 Å². The first-order valence-electron chi connectivity index (χ1n) is 9.98. The van der Waals surface area contributed by atoms with Gasteiger partial charge in [-0.1, -0.05) is 84.0 Å². The summed E-state index contributed by atoms with van der Waals surface area (Å²) in [5.41, 5.74) is 0. The molecule has 0 bridgehead atoms. The molecule has 5 heteroatoms. The molecule has 0 atom stereocenters. The van der Waals surface area contributed by atoms with Crippen LogP contribution in [0, 0.1) is 0 Å². The second kappa shape index (κ2) is 17.9. The van der Waals surface area contributed by atoms with Crippen molar-refractivity contribution in [3.8, 4) is 0 Å². The van der Waals surface area contributed by atoms with Crippen LogP contribution in [0.4, 0.5) is 0 Å². The molecule has 0 N–H and O–H groups in total. The minimum Gasteiger partial charge on any atom is -0.376 e. The lowest BCUT2D eigenvalue weighted by atomic mass is 10.1. The summed E-state index contributed by atoms with van der Waals surface area (Å²) >= 11 is 0. The third-order valence-electron chi connectivity index (χ3n) is 4.51. The van der Waals surface area contributed by atoms with Gasteiger partial charge in [-0.3, -0.25) is 0 Å². The molecule has 0 saturated carbocycles. The van der Waals surface area contributed by atoms with E-state index in [9.17, 15) is 0 Å². The predicted molar refractivity (Wildman–Crippen MR) is 104 cm³/mol. The van der Waals surface area contributed by atoms with Crippen LogP contribution in [-0.2, 0) is 18.6 Å². The molecule has 0 rings (SSSR count). The van der Waals surface area contributed by atoms with Gasteiger partial charge in [0, 0.05) is 21.3 Å². The van der Waals surface area contributed by atoms with E-state index in [4.69, 9.17) is 18.6 Å². The summed E-state index contributed by atoms with van der Waals surface area (Å²) in [5, 5.41) is 0. The molecule has 0 aromatic heterocycles. The van der Waals surface area contributed by atoms with E-state index in [1.165, 1.54) is 83.1 Å². The van der Waals surface area contributed by atoms with Gasteiger partial charge in [0.1, 0.15) is 6.61 Å². The van der Waals surface area contributed by atoms with Gasteiger partial charge in [0.05, 0.1) is 0 Å². The molecule has 4 nitrogen and oxygen atoms in total. The number of ether oxygens (including phenoxy) is 3. The highest BCUT2D eigenvalue weighted by Crippen LogP contribution is 2.15. The molecule has 24 heavy (non-hydrogen) atoms. The average Bonchev–Trinajstić information content (AvgIpc) is 2.61. The van der Waals surface area contributed by atoms with Crippen LogP contribution < -0.4 is 0 Å². The van der Waals surface area contributed by atoms with Gasteiger partial charge in [-0.05, 0) is 6.04 Å². The zero-order chi connectivity index (χ0) is 17.9. The van der Waals surface area contributed by atoms with Crippen molar-refractivity contribution in [3.63, 3.8) is 0 Å². The molecular formula is C19H42O4Si. The average molecular weight is 363 g/mol. The summed E-state index contributed by atoms with van der Waals surface area (Å²) in [4.78, 5) is 0. The van der Waals surface area contributed by atoms with Crippen molar-refractivity contribution in [2.45, 2.75) is 96.0 Å². The van der Waals surface area contributed by atoms with Crippen molar-refractivity contribution in [2.75, 3.05) is 27.9 Å². The van der Waals surface area contributed by atoms with Crippen LogP contribution in [-0.4, -0.2) is 43.7 Å². The van der Waals surface area contributed by atoms with Gasteiger partial charge < -0.3 is 18.6 Å². The Kier molecular flexibility index (Phi) is 17.9. The zero-order valence-electron chi connectivity index (χ0n) is 16.7. The number of unbranched alkanes of at least 4 members (excludes halogenated alkanes) is 11. The third kappa shape index (κ3) is 13.4. The zero-order valence-corrected chi connectivity index (χ0v) is 18.2.